The topological polar surface area (TPSA) is 82.1 Å². The second kappa shape index (κ2) is 7.30. The van der Waals surface area contributed by atoms with E-state index in [2.05, 4.69) is 0 Å². The molecule has 1 unspecified atom stereocenters. The molecular weight excluding hydrogens is 362 g/mol. The zero-order chi connectivity index (χ0) is 20.6. The maximum atomic E-state index is 13.3. The Kier molecular flexibility index (Phi) is 5.19. The summed E-state index contributed by atoms with van der Waals surface area (Å²) in [5.41, 5.74) is 2.04. The van der Waals surface area contributed by atoms with Gasteiger partial charge in [-0.05, 0) is 12.5 Å². The number of rotatable bonds is 4. The number of aryl methyl sites for hydroxylation is 1. The van der Waals surface area contributed by atoms with Crippen molar-refractivity contribution in [2.45, 2.75) is 20.8 Å². The molecule has 7 heteroatoms. The van der Waals surface area contributed by atoms with Gasteiger partial charge >= 0.3 is 11.9 Å². The highest BCUT2D eigenvalue weighted by atomic mass is 16.5. The van der Waals surface area contributed by atoms with E-state index in [1.807, 2.05) is 45.0 Å². The Morgan fingerprint density at radius 3 is 2.25 bits per heavy atom. The summed E-state index contributed by atoms with van der Waals surface area (Å²) in [6.07, 6.45) is 0. The molecule has 2 heterocycles. The van der Waals surface area contributed by atoms with Gasteiger partial charge in [-0.15, -0.1) is 0 Å². The van der Waals surface area contributed by atoms with Gasteiger partial charge in [-0.3, -0.25) is 19.3 Å². The fraction of sp³-hybridized carbons (Fsp3) is 0.476. The van der Waals surface area contributed by atoms with Crippen molar-refractivity contribution in [1.29, 1.82) is 0 Å². The van der Waals surface area contributed by atoms with E-state index in [1.165, 1.54) is 19.1 Å². The minimum atomic E-state index is -1.40. The van der Waals surface area contributed by atoms with Crippen LogP contribution in [0.25, 0.3) is 5.57 Å². The third-order valence-electron chi connectivity index (χ3n) is 5.11. The van der Waals surface area contributed by atoms with E-state index in [0.29, 0.717) is 24.6 Å². The van der Waals surface area contributed by atoms with Crippen LogP contribution in [0, 0.1) is 24.2 Å². The summed E-state index contributed by atoms with van der Waals surface area (Å²) in [6.45, 7) is 6.80. The summed E-state index contributed by atoms with van der Waals surface area (Å²) in [5, 5.41) is 0. The third-order valence-corrected chi connectivity index (χ3v) is 5.11. The molecule has 1 fully saturated rings. The average Bonchev–Trinajstić information content (AvgIpc) is 2.93. The second-order valence-corrected chi connectivity index (χ2v) is 7.96. The van der Waals surface area contributed by atoms with Crippen molar-refractivity contribution in [2.24, 2.45) is 17.3 Å². The number of benzene rings is 1. The molecule has 1 aromatic rings. The lowest BCUT2D eigenvalue weighted by atomic mass is 9.83. The molecule has 1 amide bonds. The molecule has 0 aromatic heterocycles. The highest BCUT2D eigenvalue weighted by Gasteiger charge is 2.54. The Morgan fingerprint density at radius 2 is 1.71 bits per heavy atom. The van der Waals surface area contributed by atoms with Crippen LogP contribution in [0.2, 0.25) is 0 Å². The van der Waals surface area contributed by atoms with E-state index in [0.717, 1.165) is 11.1 Å². The summed E-state index contributed by atoms with van der Waals surface area (Å²) < 4.78 is 15.6. The van der Waals surface area contributed by atoms with Crippen LogP contribution in [0.15, 0.2) is 30.1 Å². The molecule has 3 rings (SSSR count). The highest BCUT2D eigenvalue weighted by Crippen LogP contribution is 2.45. The van der Waals surface area contributed by atoms with Crippen LogP contribution in [0.3, 0.4) is 0 Å². The molecule has 0 aliphatic carbocycles. The Hall–Kier alpha value is -2.83. The molecule has 2 aliphatic rings. The number of ether oxygens (including phenoxy) is 3. The molecular formula is C21H25NO6. The van der Waals surface area contributed by atoms with Gasteiger partial charge in [0.25, 0.3) is 0 Å². The van der Waals surface area contributed by atoms with E-state index in [4.69, 9.17) is 14.2 Å². The number of hydrogen-bond donors (Lipinski definition) is 0. The summed E-state index contributed by atoms with van der Waals surface area (Å²) in [4.78, 5) is 39.8. The van der Waals surface area contributed by atoms with E-state index in [9.17, 15) is 14.4 Å². The summed E-state index contributed by atoms with van der Waals surface area (Å²) in [5.74, 6) is -4.05. The second-order valence-electron chi connectivity index (χ2n) is 7.96. The zero-order valence-corrected chi connectivity index (χ0v) is 16.8. The largest absolute Gasteiger partial charge is 0.478 e. The van der Waals surface area contributed by atoms with Gasteiger partial charge in [0, 0.05) is 17.5 Å². The van der Waals surface area contributed by atoms with Crippen molar-refractivity contribution >= 4 is 23.4 Å². The molecule has 1 atom stereocenters. The summed E-state index contributed by atoms with van der Waals surface area (Å²) in [6, 6.07) is 7.53. The molecule has 0 bridgehead atoms. The molecule has 0 spiro atoms. The lowest BCUT2D eigenvalue weighted by Gasteiger charge is -2.37. The predicted octanol–water partition coefficient (Wildman–Crippen LogP) is 2.14. The molecule has 1 saturated heterocycles. The van der Waals surface area contributed by atoms with Crippen molar-refractivity contribution in [3.8, 4) is 0 Å². The standard InChI is InChI=1S/C21H25NO6/c1-12-6-8-13(9-7-12)14-15(16(19(24)26-4)20(25)27-5)17(23)22-10-21(2,3)11-28-18(14)22/h6-9,15-16H,10-11H2,1-5H3. The average molecular weight is 387 g/mol. The van der Waals surface area contributed by atoms with Gasteiger partial charge in [0.1, 0.15) is 0 Å². The van der Waals surface area contributed by atoms with Gasteiger partial charge in [0.2, 0.25) is 11.8 Å². The van der Waals surface area contributed by atoms with Crippen molar-refractivity contribution in [1.82, 2.24) is 4.90 Å². The maximum Gasteiger partial charge on any atom is 0.321 e. The van der Waals surface area contributed by atoms with Crippen LogP contribution >= 0.6 is 0 Å². The summed E-state index contributed by atoms with van der Waals surface area (Å²) >= 11 is 0. The van der Waals surface area contributed by atoms with Crippen LogP contribution in [-0.4, -0.2) is 50.1 Å². The van der Waals surface area contributed by atoms with Gasteiger partial charge in [-0.2, -0.15) is 0 Å². The number of esters is 2. The molecule has 1 aromatic carbocycles. The Balaban J connectivity index is 2.17. The van der Waals surface area contributed by atoms with Gasteiger partial charge < -0.3 is 14.2 Å². The van der Waals surface area contributed by atoms with E-state index in [-0.39, 0.29) is 11.3 Å². The third kappa shape index (κ3) is 3.37. The first-order valence-electron chi connectivity index (χ1n) is 9.11. The number of nitrogens with zero attached hydrogens (tertiary/aromatic N) is 1. The van der Waals surface area contributed by atoms with Gasteiger partial charge in [-0.1, -0.05) is 43.7 Å². The minimum Gasteiger partial charge on any atom is -0.478 e. The predicted molar refractivity (Wildman–Crippen MR) is 101 cm³/mol. The van der Waals surface area contributed by atoms with Crippen LogP contribution in [0.4, 0.5) is 0 Å². The van der Waals surface area contributed by atoms with E-state index < -0.39 is 23.8 Å². The number of amides is 1. The molecule has 2 aliphatic heterocycles. The molecule has 0 radical (unpaired) electrons. The smallest absolute Gasteiger partial charge is 0.321 e. The molecule has 0 N–H and O–H groups in total. The molecule has 150 valence electrons. The highest BCUT2D eigenvalue weighted by molar-refractivity contribution is 6.08. The van der Waals surface area contributed by atoms with Crippen molar-refractivity contribution in [2.75, 3.05) is 27.4 Å². The van der Waals surface area contributed by atoms with E-state index in [1.54, 1.807) is 0 Å². The van der Waals surface area contributed by atoms with Gasteiger partial charge in [0.15, 0.2) is 5.92 Å². The first-order chi connectivity index (χ1) is 13.2. The molecule has 0 saturated carbocycles. The van der Waals surface area contributed by atoms with Crippen LogP contribution in [-0.2, 0) is 28.6 Å². The Morgan fingerprint density at radius 1 is 1.14 bits per heavy atom. The minimum absolute atomic E-state index is 0.252. The van der Waals surface area contributed by atoms with Crippen LogP contribution in [0.5, 0.6) is 0 Å². The first kappa shape index (κ1) is 19.9. The van der Waals surface area contributed by atoms with Crippen molar-refractivity contribution in [3.63, 3.8) is 0 Å². The van der Waals surface area contributed by atoms with Crippen LogP contribution in [0.1, 0.15) is 25.0 Å². The normalized spacial score (nSPS) is 20.7. The maximum absolute atomic E-state index is 13.3. The number of hydrogen-bond acceptors (Lipinski definition) is 6. The number of methoxy groups -OCH3 is 2. The lowest BCUT2D eigenvalue weighted by molar-refractivity contribution is -0.163. The number of carbonyl (C=O) groups excluding carboxylic acids is 3. The number of carbonyl (C=O) groups is 3. The van der Waals surface area contributed by atoms with Gasteiger partial charge in [-0.25, -0.2) is 0 Å². The summed E-state index contributed by atoms with van der Waals surface area (Å²) in [7, 11) is 2.37. The van der Waals surface area contributed by atoms with Crippen molar-refractivity contribution < 1.29 is 28.6 Å². The monoisotopic (exact) mass is 387 g/mol. The Labute approximate surface area is 164 Å². The quantitative estimate of drug-likeness (QED) is 0.582. The zero-order valence-electron chi connectivity index (χ0n) is 16.8. The fourth-order valence-corrected chi connectivity index (χ4v) is 3.68. The fourth-order valence-electron chi connectivity index (χ4n) is 3.68. The molecule has 7 nitrogen and oxygen atoms in total. The lowest BCUT2D eigenvalue weighted by Crippen LogP contribution is -2.46. The van der Waals surface area contributed by atoms with Crippen LogP contribution < -0.4 is 0 Å². The Bertz CT molecular complexity index is 823. The first-order valence-corrected chi connectivity index (χ1v) is 9.11. The van der Waals surface area contributed by atoms with E-state index >= 15 is 0 Å². The van der Waals surface area contributed by atoms with Gasteiger partial charge in [0.05, 0.1) is 26.7 Å². The SMILES string of the molecule is COC(=O)C(C(=O)OC)C1C(=O)N2CC(C)(C)COC2=C1c1ccc(C)cc1. The van der Waals surface area contributed by atoms with Crippen molar-refractivity contribution in [3.05, 3.63) is 41.3 Å². The molecule has 28 heavy (non-hydrogen) atoms. The number of fused-ring (bicyclic) bond motifs is 1.